The number of aliphatic hydroxyl groups is 2. The zero-order valence-electron chi connectivity index (χ0n) is 10.8. The highest BCUT2D eigenvalue weighted by molar-refractivity contribution is 5.04. The third-order valence-electron chi connectivity index (χ3n) is 5.28. The second kappa shape index (κ2) is 3.99. The Bertz CT molecular complexity index is 241. The molecular formula is C14H26O2. The molecule has 0 atom stereocenters. The molecule has 16 heavy (non-hydrogen) atoms. The van der Waals surface area contributed by atoms with E-state index in [-0.39, 0.29) is 12.0 Å². The molecule has 2 fully saturated rings. The van der Waals surface area contributed by atoms with Crippen LogP contribution in [-0.4, -0.2) is 22.4 Å². The van der Waals surface area contributed by atoms with Crippen molar-refractivity contribution in [2.24, 2.45) is 10.8 Å². The molecule has 0 aromatic carbocycles. The topological polar surface area (TPSA) is 40.5 Å². The Balaban J connectivity index is 2.15. The van der Waals surface area contributed by atoms with Gasteiger partial charge in [0.05, 0.1) is 12.2 Å². The lowest BCUT2D eigenvalue weighted by Crippen LogP contribution is -2.51. The molecule has 0 heterocycles. The molecule has 0 bridgehead atoms. The van der Waals surface area contributed by atoms with Crippen LogP contribution in [0.1, 0.15) is 65.2 Å². The van der Waals surface area contributed by atoms with E-state index >= 15 is 0 Å². The van der Waals surface area contributed by atoms with Gasteiger partial charge in [0.2, 0.25) is 0 Å². The average molecular weight is 226 g/mol. The monoisotopic (exact) mass is 226 g/mol. The van der Waals surface area contributed by atoms with E-state index in [0.29, 0.717) is 5.41 Å². The predicted octanol–water partition coefficient (Wildman–Crippen LogP) is 2.87. The van der Waals surface area contributed by atoms with Gasteiger partial charge in [-0.2, -0.15) is 0 Å². The van der Waals surface area contributed by atoms with Crippen molar-refractivity contribution in [3.05, 3.63) is 0 Å². The standard InChI is InChI=1S/C14H26O2/c1-12(2)7-9-13(11-15,10-8-12)14(16)5-3-4-6-14/h15-16H,3-11H2,1-2H3. The molecule has 0 aromatic heterocycles. The van der Waals surface area contributed by atoms with E-state index in [0.717, 1.165) is 51.4 Å². The highest BCUT2D eigenvalue weighted by Gasteiger charge is 2.53. The lowest BCUT2D eigenvalue weighted by molar-refractivity contribution is -0.134. The number of hydrogen-bond donors (Lipinski definition) is 2. The summed E-state index contributed by atoms with van der Waals surface area (Å²) >= 11 is 0. The Morgan fingerprint density at radius 2 is 1.38 bits per heavy atom. The molecule has 2 aliphatic rings. The van der Waals surface area contributed by atoms with Crippen molar-refractivity contribution in [3.63, 3.8) is 0 Å². The minimum atomic E-state index is -0.571. The van der Waals surface area contributed by atoms with Crippen molar-refractivity contribution >= 4 is 0 Å². The van der Waals surface area contributed by atoms with E-state index in [9.17, 15) is 10.2 Å². The molecule has 2 nitrogen and oxygen atoms in total. The smallest absolute Gasteiger partial charge is 0.0725 e. The van der Waals surface area contributed by atoms with E-state index in [1.807, 2.05) is 0 Å². The lowest BCUT2D eigenvalue weighted by Gasteiger charge is -2.50. The fourth-order valence-electron chi connectivity index (χ4n) is 3.67. The van der Waals surface area contributed by atoms with E-state index < -0.39 is 5.60 Å². The molecule has 0 amide bonds. The zero-order valence-corrected chi connectivity index (χ0v) is 10.8. The Hall–Kier alpha value is -0.0800. The lowest BCUT2D eigenvalue weighted by atomic mass is 9.58. The summed E-state index contributed by atoms with van der Waals surface area (Å²) in [5.74, 6) is 0. The summed E-state index contributed by atoms with van der Waals surface area (Å²) < 4.78 is 0. The van der Waals surface area contributed by atoms with Crippen LogP contribution < -0.4 is 0 Å². The highest BCUT2D eigenvalue weighted by Crippen LogP contribution is 2.55. The van der Waals surface area contributed by atoms with Gasteiger partial charge in [-0.25, -0.2) is 0 Å². The molecule has 2 saturated carbocycles. The molecule has 2 aliphatic carbocycles. The van der Waals surface area contributed by atoms with Crippen LogP contribution in [0.25, 0.3) is 0 Å². The Morgan fingerprint density at radius 1 is 0.875 bits per heavy atom. The average Bonchev–Trinajstić information content (AvgIpc) is 2.67. The van der Waals surface area contributed by atoms with Crippen LogP contribution in [0.15, 0.2) is 0 Å². The highest BCUT2D eigenvalue weighted by atomic mass is 16.3. The van der Waals surface area contributed by atoms with Gasteiger partial charge in [0.15, 0.2) is 0 Å². The van der Waals surface area contributed by atoms with Crippen LogP contribution in [0, 0.1) is 10.8 Å². The summed E-state index contributed by atoms with van der Waals surface area (Å²) in [6.07, 6.45) is 8.30. The first-order valence-corrected chi connectivity index (χ1v) is 6.76. The predicted molar refractivity (Wildman–Crippen MR) is 65.2 cm³/mol. The second-order valence-electron chi connectivity index (χ2n) is 6.84. The number of hydrogen-bond acceptors (Lipinski definition) is 2. The van der Waals surface area contributed by atoms with Crippen molar-refractivity contribution in [2.75, 3.05) is 6.61 Å². The van der Waals surface area contributed by atoms with Crippen molar-refractivity contribution in [3.8, 4) is 0 Å². The van der Waals surface area contributed by atoms with Crippen LogP contribution in [0.3, 0.4) is 0 Å². The van der Waals surface area contributed by atoms with E-state index in [1.54, 1.807) is 0 Å². The summed E-state index contributed by atoms with van der Waals surface area (Å²) in [5, 5.41) is 20.6. The molecule has 0 unspecified atom stereocenters. The Kier molecular flexibility index (Phi) is 3.09. The van der Waals surface area contributed by atoms with Gasteiger partial charge in [0.1, 0.15) is 0 Å². The van der Waals surface area contributed by atoms with Gasteiger partial charge in [-0.3, -0.25) is 0 Å². The van der Waals surface area contributed by atoms with Gasteiger partial charge in [0.25, 0.3) is 0 Å². The first-order valence-electron chi connectivity index (χ1n) is 6.76. The molecule has 0 spiro atoms. The van der Waals surface area contributed by atoms with Crippen molar-refractivity contribution in [2.45, 2.75) is 70.8 Å². The maximum absolute atomic E-state index is 10.8. The van der Waals surface area contributed by atoms with Crippen LogP contribution in [-0.2, 0) is 0 Å². The summed E-state index contributed by atoms with van der Waals surface area (Å²) in [6, 6.07) is 0. The quantitative estimate of drug-likeness (QED) is 0.760. The first kappa shape index (κ1) is 12.4. The van der Waals surface area contributed by atoms with Crippen LogP contribution in [0.5, 0.6) is 0 Å². The first-order chi connectivity index (χ1) is 7.43. The summed E-state index contributed by atoms with van der Waals surface area (Å²) in [4.78, 5) is 0. The summed E-state index contributed by atoms with van der Waals surface area (Å²) in [6.45, 7) is 4.76. The molecule has 94 valence electrons. The third-order valence-corrected chi connectivity index (χ3v) is 5.28. The third kappa shape index (κ3) is 1.91. The molecule has 0 radical (unpaired) electrons. The second-order valence-corrected chi connectivity index (χ2v) is 6.84. The van der Waals surface area contributed by atoms with Crippen molar-refractivity contribution in [1.82, 2.24) is 0 Å². The normalized spacial score (nSPS) is 31.5. The molecule has 0 aliphatic heterocycles. The van der Waals surface area contributed by atoms with Crippen molar-refractivity contribution in [1.29, 1.82) is 0 Å². The largest absolute Gasteiger partial charge is 0.396 e. The van der Waals surface area contributed by atoms with E-state index in [4.69, 9.17) is 0 Å². The SMILES string of the molecule is CC1(C)CCC(CO)(C2(O)CCCC2)CC1. The summed E-state index contributed by atoms with van der Waals surface area (Å²) in [5.41, 5.74) is -0.370. The van der Waals surface area contributed by atoms with Crippen LogP contribution in [0.4, 0.5) is 0 Å². The molecule has 2 N–H and O–H groups in total. The van der Waals surface area contributed by atoms with Gasteiger partial charge in [-0.15, -0.1) is 0 Å². The van der Waals surface area contributed by atoms with Crippen molar-refractivity contribution < 1.29 is 10.2 Å². The van der Waals surface area contributed by atoms with Crippen LogP contribution >= 0.6 is 0 Å². The minimum Gasteiger partial charge on any atom is -0.396 e. The maximum Gasteiger partial charge on any atom is 0.0725 e. The molecule has 2 rings (SSSR count). The Labute approximate surface area is 99.1 Å². The molecular weight excluding hydrogens is 200 g/mol. The van der Waals surface area contributed by atoms with E-state index in [1.165, 1.54) is 0 Å². The molecule has 2 heteroatoms. The zero-order chi connectivity index (χ0) is 11.9. The fraction of sp³-hybridized carbons (Fsp3) is 1.00. The van der Waals surface area contributed by atoms with Gasteiger partial charge < -0.3 is 10.2 Å². The van der Waals surface area contributed by atoms with Gasteiger partial charge in [0, 0.05) is 5.41 Å². The summed E-state index contributed by atoms with van der Waals surface area (Å²) in [7, 11) is 0. The van der Waals surface area contributed by atoms with Gasteiger partial charge in [-0.1, -0.05) is 26.7 Å². The van der Waals surface area contributed by atoms with E-state index in [2.05, 4.69) is 13.8 Å². The number of rotatable bonds is 2. The van der Waals surface area contributed by atoms with Crippen LogP contribution in [0.2, 0.25) is 0 Å². The fourth-order valence-corrected chi connectivity index (χ4v) is 3.67. The molecule has 0 aromatic rings. The Morgan fingerprint density at radius 3 is 1.81 bits per heavy atom. The number of aliphatic hydroxyl groups excluding tert-OH is 1. The maximum atomic E-state index is 10.8. The van der Waals surface area contributed by atoms with Gasteiger partial charge in [-0.05, 0) is 43.9 Å². The van der Waals surface area contributed by atoms with Gasteiger partial charge >= 0.3 is 0 Å². The minimum absolute atomic E-state index is 0.166. The molecule has 0 saturated heterocycles.